The van der Waals surface area contributed by atoms with Gasteiger partial charge in [-0.15, -0.1) is 0 Å². The summed E-state index contributed by atoms with van der Waals surface area (Å²) in [6, 6.07) is 8.50. The van der Waals surface area contributed by atoms with E-state index in [-0.39, 0.29) is 38.0 Å². The highest BCUT2D eigenvalue weighted by atomic mass is 16.2. The number of fused-ring (bicyclic) bond motifs is 2. The summed E-state index contributed by atoms with van der Waals surface area (Å²) in [5.74, 6) is -3.01. The monoisotopic (exact) mass is 558 g/mol. The Kier molecular flexibility index (Phi) is 7.74. The van der Waals surface area contributed by atoms with Crippen LogP contribution in [0.1, 0.15) is 85.7 Å². The Labute approximate surface area is 236 Å². The van der Waals surface area contributed by atoms with E-state index in [0.29, 0.717) is 46.4 Å². The molecular weight excluding hydrogens is 528 g/mol. The number of hydrogen-bond acceptors (Lipinski definition) is 7. The largest absolute Gasteiger partial charge is 0.329 e. The lowest BCUT2D eigenvalue weighted by Gasteiger charge is -2.29. The Morgan fingerprint density at radius 1 is 0.707 bits per heavy atom. The van der Waals surface area contributed by atoms with E-state index in [4.69, 9.17) is 0 Å². The van der Waals surface area contributed by atoms with Crippen LogP contribution in [0.2, 0.25) is 0 Å². The third-order valence-corrected chi connectivity index (χ3v) is 7.38. The number of amides is 7. The van der Waals surface area contributed by atoms with Gasteiger partial charge in [0.2, 0.25) is 17.7 Å². The number of nitrogens with one attached hydrogen (secondary N) is 2. The Morgan fingerprint density at radius 2 is 1.29 bits per heavy atom. The summed E-state index contributed by atoms with van der Waals surface area (Å²) in [6.07, 6.45) is 1.30. The summed E-state index contributed by atoms with van der Waals surface area (Å²) < 4.78 is 0. The highest BCUT2D eigenvalue weighted by molar-refractivity contribution is 6.24. The van der Waals surface area contributed by atoms with Crippen molar-refractivity contribution in [2.45, 2.75) is 59.0 Å². The van der Waals surface area contributed by atoms with Crippen LogP contribution in [-0.2, 0) is 14.4 Å². The minimum atomic E-state index is -0.903. The van der Waals surface area contributed by atoms with Crippen LogP contribution < -0.4 is 10.6 Å². The Balaban J connectivity index is 0.000000184. The predicted octanol–water partition coefficient (Wildman–Crippen LogP) is 2.42. The van der Waals surface area contributed by atoms with Crippen molar-refractivity contribution < 1.29 is 33.6 Å². The molecule has 0 saturated carbocycles. The van der Waals surface area contributed by atoms with E-state index in [2.05, 4.69) is 17.2 Å². The average molecular weight is 559 g/mol. The molecule has 0 spiro atoms. The molecular formula is C30H30N4O7. The average Bonchev–Trinajstić information content (AvgIpc) is 3.29. The molecule has 11 nitrogen and oxygen atoms in total. The molecule has 212 valence electrons. The summed E-state index contributed by atoms with van der Waals surface area (Å²) in [5, 5.41) is 4.77. The molecule has 0 aliphatic carbocycles. The first-order chi connectivity index (χ1) is 19.0. The van der Waals surface area contributed by atoms with E-state index >= 15 is 0 Å². The molecule has 0 aromatic heterocycles. The van der Waals surface area contributed by atoms with Gasteiger partial charge in [0.15, 0.2) is 0 Å². The second-order valence-corrected chi connectivity index (χ2v) is 10.1. The zero-order valence-corrected chi connectivity index (χ0v) is 21.9. The summed E-state index contributed by atoms with van der Waals surface area (Å²) >= 11 is 0. The van der Waals surface area contributed by atoms with Gasteiger partial charge in [0, 0.05) is 12.1 Å². The molecule has 2 aromatic rings. The molecule has 2 unspecified atom stereocenters. The summed E-state index contributed by atoms with van der Waals surface area (Å²) in [4.78, 5) is 86.5. The van der Waals surface area contributed by atoms with Gasteiger partial charge in [-0.25, -0.2) is 0 Å². The first-order valence-electron chi connectivity index (χ1n) is 12.8. The Bertz CT molecular complexity index is 1550. The molecule has 2 saturated heterocycles. The lowest BCUT2D eigenvalue weighted by Crippen LogP contribution is -2.54. The number of benzene rings is 2. The number of aryl methyl sites for hydroxylation is 2. The highest BCUT2D eigenvalue weighted by Crippen LogP contribution is 2.30. The molecule has 0 bridgehead atoms. The molecule has 0 radical (unpaired) electrons. The minimum absolute atomic E-state index is 0. The first-order valence-corrected chi connectivity index (χ1v) is 12.8. The predicted molar refractivity (Wildman–Crippen MR) is 147 cm³/mol. The maximum atomic E-state index is 12.4. The SMILES string of the molecule is C.C=C1CCC(N2C(=O)c3ccc(C)cc3C2=O)C(=O)N1.Cc1cccc2c1C(=O)N(C1CCC(=O)NC1=O)C2=O. The van der Waals surface area contributed by atoms with Gasteiger partial charge in [0.1, 0.15) is 12.1 Å². The molecule has 7 amide bonds. The fourth-order valence-corrected chi connectivity index (χ4v) is 5.35. The van der Waals surface area contributed by atoms with Crippen LogP contribution in [0.25, 0.3) is 0 Å². The Morgan fingerprint density at radius 3 is 1.93 bits per heavy atom. The van der Waals surface area contributed by atoms with E-state index in [0.717, 1.165) is 15.4 Å². The lowest BCUT2D eigenvalue weighted by atomic mass is 10.0. The van der Waals surface area contributed by atoms with Crippen molar-refractivity contribution in [3.63, 3.8) is 0 Å². The molecule has 4 aliphatic heterocycles. The first kappa shape index (κ1) is 29.1. The number of nitrogens with zero attached hydrogens (tertiary/aromatic N) is 2. The number of hydrogen-bond donors (Lipinski definition) is 2. The van der Waals surface area contributed by atoms with Crippen LogP contribution in [0.15, 0.2) is 48.7 Å². The van der Waals surface area contributed by atoms with Crippen LogP contribution in [0.5, 0.6) is 0 Å². The maximum Gasteiger partial charge on any atom is 0.262 e. The van der Waals surface area contributed by atoms with Gasteiger partial charge in [0.05, 0.1) is 22.3 Å². The van der Waals surface area contributed by atoms with E-state index in [1.54, 1.807) is 43.3 Å². The van der Waals surface area contributed by atoms with Gasteiger partial charge in [-0.2, -0.15) is 0 Å². The van der Waals surface area contributed by atoms with Crippen LogP contribution >= 0.6 is 0 Å². The van der Waals surface area contributed by atoms with Gasteiger partial charge in [-0.3, -0.25) is 48.7 Å². The molecule has 2 atom stereocenters. The van der Waals surface area contributed by atoms with Gasteiger partial charge in [0.25, 0.3) is 23.6 Å². The van der Waals surface area contributed by atoms with Gasteiger partial charge in [-0.05, 0) is 56.9 Å². The minimum Gasteiger partial charge on any atom is -0.329 e. The van der Waals surface area contributed by atoms with E-state index in [1.165, 1.54) is 0 Å². The van der Waals surface area contributed by atoms with Crippen LogP contribution in [0.3, 0.4) is 0 Å². The summed E-state index contributed by atoms with van der Waals surface area (Å²) in [6.45, 7) is 7.30. The fourth-order valence-electron chi connectivity index (χ4n) is 5.35. The Hall–Kier alpha value is -4.93. The smallest absolute Gasteiger partial charge is 0.262 e. The number of carbonyl (C=O) groups is 7. The number of imide groups is 3. The van der Waals surface area contributed by atoms with Crippen LogP contribution in [0.4, 0.5) is 0 Å². The van der Waals surface area contributed by atoms with E-state index in [1.807, 2.05) is 6.92 Å². The molecule has 2 fully saturated rings. The van der Waals surface area contributed by atoms with Gasteiger partial charge in [-0.1, -0.05) is 37.8 Å². The second kappa shape index (κ2) is 10.9. The maximum absolute atomic E-state index is 12.4. The summed E-state index contributed by atoms with van der Waals surface area (Å²) in [5.41, 5.74) is 3.66. The number of piperidine rings is 2. The highest BCUT2D eigenvalue weighted by Gasteiger charge is 2.45. The number of allylic oxidation sites excluding steroid dienone is 1. The van der Waals surface area contributed by atoms with Crippen molar-refractivity contribution in [2.24, 2.45) is 0 Å². The van der Waals surface area contributed by atoms with Crippen molar-refractivity contribution in [1.29, 1.82) is 0 Å². The normalized spacial score (nSPS) is 21.5. The summed E-state index contributed by atoms with van der Waals surface area (Å²) in [7, 11) is 0. The molecule has 6 rings (SSSR count). The number of carbonyl (C=O) groups excluding carboxylic acids is 7. The topological polar surface area (TPSA) is 150 Å². The molecule has 11 heteroatoms. The zero-order valence-electron chi connectivity index (χ0n) is 21.9. The molecule has 2 aromatic carbocycles. The fraction of sp³-hybridized carbons (Fsp3) is 0.300. The quantitative estimate of drug-likeness (QED) is 0.538. The van der Waals surface area contributed by atoms with Crippen molar-refractivity contribution in [2.75, 3.05) is 0 Å². The van der Waals surface area contributed by atoms with Crippen LogP contribution in [0, 0.1) is 13.8 Å². The van der Waals surface area contributed by atoms with E-state index in [9.17, 15) is 33.6 Å². The third-order valence-electron chi connectivity index (χ3n) is 7.38. The second-order valence-electron chi connectivity index (χ2n) is 10.1. The molecule has 2 N–H and O–H groups in total. The van der Waals surface area contributed by atoms with Crippen molar-refractivity contribution in [1.82, 2.24) is 20.4 Å². The zero-order chi connectivity index (χ0) is 28.9. The molecule has 4 aliphatic rings. The molecule has 41 heavy (non-hydrogen) atoms. The van der Waals surface area contributed by atoms with Crippen molar-refractivity contribution in [3.05, 3.63) is 82.1 Å². The lowest BCUT2D eigenvalue weighted by molar-refractivity contribution is -0.136. The van der Waals surface area contributed by atoms with E-state index < -0.39 is 35.7 Å². The van der Waals surface area contributed by atoms with Gasteiger partial charge >= 0.3 is 0 Å². The van der Waals surface area contributed by atoms with Gasteiger partial charge < -0.3 is 5.32 Å². The van der Waals surface area contributed by atoms with Crippen LogP contribution in [-0.4, -0.2) is 63.2 Å². The van der Waals surface area contributed by atoms with Crippen molar-refractivity contribution in [3.8, 4) is 0 Å². The molecule has 4 heterocycles. The van der Waals surface area contributed by atoms with Crippen molar-refractivity contribution >= 4 is 41.4 Å². The standard InChI is InChI=1S/C15H14N2O3.C14H12N2O4.CH4/c1-8-3-5-10-11(7-8)15(20)17(14(10)19)12-6-4-9(2)16-13(12)18;1-7-3-2-4-8-11(7)14(20)16(13(8)19)9-5-6-10(17)15-12(9)18;/h3,5,7,12H,2,4,6H2,1H3,(H,16,18);2-4,9H,5-6H2,1H3,(H,15,17,18);1H4. The third kappa shape index (κ3) is 4.94. The number of rotatable bonds is 2.